The Morgan fingerprint density at radius 1 is 0.418 bits per heavy atom. The van der Waals surface area contributed by atoms with Crippen molar-refractivity contribution in [2.75, 3.05) is 0 Å². The Kier molecular flexibility index (Phi) is 13.3. The Bertz CT molecular complexity index is 1840. The predicted octanol–water partition coefficient (Wildman–Crippen LogP) is 15.4. The van der Waals surface area contributed by atoms with Crippen LogP contribution >= 0.6 is 0 Å². The van der Waals surface area contributed by atoms with E-state index in [1.165, 1.54) is 57.1 Å². The van der Waals surface area contributed by atoms with Gasteiger partial charge < -0.3 is 0 Å². The molecule has 4 aliphatic carbocycles. The highest BCUT2D eigenvalue weighted by Crippen LogP contribution is 2.47. The molecule has 0 N–H and O–H groups in total. The van der Waals surface area contributed by atoms with E-state index in [4.69, 9.17) is 0 Å². The van der Waals surface area contributed by atoms with Gasteiger partial charge in [-0.3, -0.25) is 0 Å². The van der Waals surface area contributed by atoms with E-state index in [1.807, 2.05) is 0 Å². The Morgan fingerprint density at radius 2 is 0.836 bits per heavy atom. The van der Waals surface area contributed by atoms with Crippen molar-refractivity contribution in [1.29, 1.82) is 0 Å². The molecule has 0 aromatic heterocycles. The number of hydrogen-bond acceptors (Lipinski definition) is 0. The van der Waals surface area contributed by atoms with Gasteiger partial charge in [0.2, 0.25) is 0 Å². The SMILES string of the molecule is CC(C)(C)C1CCCc2ccccc21.CC(C)(C)C1CCc2c(F)ccc(F)c21.CC(C)(C)C1CCc2ccccc21.CC(C)(C)C1Cc2ccccc2C1. The molecule has 0 heterocycles. The fourth-order valence-corrected chi connectivity index (χ4v) is 9.82. The van der Waals surface area contributed by atoms with Crippen molar-refractivity contribution < 1.29 is 8.78 Å². The van der Waals surface area contributed by atoms with E-state index in [9.17, 15) is 8.78 Å². The van der Waals surface area contributed by atoms with Crippen LogP contribution in [0, 0.1) is 39.2 Å². The lowest BCUT2D eigenvalue weighted by Gasteiger charge is -2.35. The largest absolute Gasteiger partial charge is 0.207 e. The summed E-state index contributed by atoms with van der Waals surface area (Å²) in [6, 6.07) is 29.2. The summed E-state index contributed by atoms with van der Waals surface area (Å²) in [5, 5.41) is 0. The average molecular weight is 747 g/mol. The Labute approximate surface area is 335 Å². The molecule has 0 bridgehead atoms. The summed E-state index contributed by atoms with van der Waals surface area (Å²) >= 11 is 0. The summed E-state index contributed by atoms with van der Waals surface area (Å²) in [7, 11) is 0. The maximum absolute atomic E-state index is 13.7. The van der Waals surface area contributed by atoms with E-state index in [0.29, 0.717) is 33.8 Å². The van der Waals surface area contributed by atoms with Gasteiger partial charge in [-0.2, -0.15) is 0 Å². The van der Waals surface area contributed by atoms with Gasteiger partial charge in [0, 0.05) is 0 Å². The minimum Gasteiger partial charge on any atom is -0.207 e. The van der Waals surface area contributed by atoms with Crippen molar-refractivity contribution in [3.8, 4) is 0 Å². The smallest absolute Gasteiger partial charge is 0.127 e. The van der Waals surface area contributed by atoms with Gasteiger partial charge in [0.25, 0.3) is 0 Å². The van der Waals surface area contributed by atoms with Gasteiger partial charge in [0.05, 0.1) is 0 Å². The maximum atomic E-state index is 13.7. The second kappa shape index (κ2) is 17.1. The van der Waals surface area contributed by atoms with Gasteiger partial charge in [-0.15, -0.1) is 0 Å². The number of rotatable bonds is 0. The van der Waals surface area contributed by atoms with Crippen LogP contribution in [-0.2, 0) is 32.1 Å². The quantitative estimate of drug-likeness (QED) is 0.168. The minimum atomic E-state index is -0.252. The molecular weight excluding hydrogens is 675 g/mol. The summed E-state index contributed by atoms with van der Waals surface area (Å²) in [5.41, 5.74) is 12.0. The first-order valence-corrected chi connectivity index (χ1v) is 21.4. The van der Waals surface area contributed by atoms with Gasteiger partial charge in [-0.25, -0.2) is 8.78 Å². The third kappa shape index (κ3) is 10.6. The molecule has 4 aromatic rings. The first-order chi connectivity index (χ1) is 25.7. The molecule has 0 nitrogen and oxygen atoms in total. The standard InChI is InChI=1S/C14H20.C13H16F2.2C13H18/c1-14(2,3)13-10-6-8-11-7-4-5-9-12(11)13;1-13(2,3)9-5-4-8-10(14)6-7-11(15)12(8)9;1-13(2,3)12-8-10-6-4-5-7-11(10)9-12;1-13(2,3)12-9-8-10-6-4-5-7-11(10)12/h4-5,7,9,13H,6,8,10H2,1-3H3;6-7,9H,4-5H2,1-3H3;2*4-7,12H,8-9H2,1-3H3. The molecule has 0 saturated heterocycles. The van der Waals surface area contributed by atoms with Crippen molar-refractivity contribution >= 4 is 0 Å². The Morgan fingerprint density at radius 3 is 1.33 bits per heavy atom. The van der Waals surface area contributed by atoms with Gasteiger partial charge in [0.15, 0.2) is 0 Å². The summed E-state index contributed by atoms with van der Waals surface area (Å²) < 4.78 is 27.2. The lowest BCUT2D eigenvalue weighted by atomic mass is 9.69. The third-order valence-electron chi connectivity index (χ3n) is 13.2. The van der Waals surface area contributed by atoms with Crippen LogP contribution in [0.3, 0.4) is 0 Å². The second-order valence-corrected chi connectivity index (χ2v) is 21.3. The van der Waals surface area contributed by atoms with Crippen molar-refractivity contribution in [2.45, 2.75) is 159 Å². The van der Waals surface area contributed by atoms with Gasteiger partial charge >= 0.3 is 0 Å². The predicted molar refractivity (Wildman–Crippen MR) is 232 cm³/mol. The highest BCUT2D eigenvalue weighted by atomic mass is 19.1. The monoisotopic (exact) mass is 747 g/mol. The molecular formula is C53H72F2. The molecule has 0 spiro atoms. The van der Waals surface area contributed by atoms with Crippen LogP contribution in [0.4, 0.5) is 8.78 Å². The van der Waals surface area contributed by atoms with E-state index < -0.39 is 0 Å². The first-order valence-electron chi connectivity index (χ1n) is 21.4. The number of fused-ring (bicyclic) bond motifs is 4. The number of halogens is 2. The van der Waals surface area contributed by atoms with Crippen molar-refractivity contribution in [1.82, 2.24) is 0 Å². The number of aryl methyl sites for hydroxylation is 2. The molecule has 55 heavy (non-hydrogen) atoms. The second-order valence-electron chi connectivity index (χ2n) is 21.3. The summed E-state index contributed by atoms with van der Waals surface area (Å²) in [4.78, 5) is 0. The highest BCUT2D eigenvalue weighted by molar-refractivity contribution is 5.39. The van der Waals surface area contributed by atoms with Crippen molar-refractivity contribution in [3.05, 3.63) is 141 Å². The van der Waals surface area contributed by atoms with Crippen LogP contribution in [0.1, 0.15) is 171 Å². The van der Waals surface area contributed by atoms with E-state index in [1.54, 1.807) is 33.4 Å². The van der Waals surface area contributed by atoms with Crippen LogP contribution < -0.4 is 0 Å². The topological polar surface area (TPSA) is 0 Å². The molecule has 0 aliphatic heterocycles. The molecule has 8 rings (SSSR count). The van der Waals surface area contributed by atoms with E-state index >= 15 is 0 Å². The molecule has 2 heteroatoms. The van der Waals surface area contributed by atoms with Crippen LogP contribution in [-0.4, -0.2) is 0 Å². The van der Waals surface area contributed by atoms with Crippen molar-refractivity contribution in [3.63, 3.8) is 0 Å². The average Bonchev–Trinajstić information content (AvgIpc) is 3.87. The summed E-state index contributed by atoms with van der Waals surface area (Å²) in [6.45, 7) is 27.4. The fraction of sp³-hybridized carbons (Fsp3) is 0.547. The molecule has 4 aliphatic rings. The molecule has 0 radical (unpaired) electrons. The molecule has 0 saturated carbocycles. The van der Waals surface area contributed by atoms with Crippen LogP contribution in [0.15, 0.2) is 84.9 Å². The fourth-order valence-electron chi connectivity index (χ4n) is 9.82. The first kappa shape index (κ1) is 42.9. The van der Waals surface area contributed by atoms with Gasteiger partial charge in [0.1, 0.15) is 11.6 Å². The Hall–Kier alpha value is -3.26. The molecule has 298 valence electrons. The van der Waals surface area contributed by atoms with Crippen LogP contribution in [0.25, 0.3) is 0 Å². The summed E-state index contributed by atoms with van der Waals surface area (Å²) in [5.74, 6) is 2.01. The normalized spacial score (nSPS) is 20.4. The lowest BCUT2D eigenvalue weighted by Crippen LogP contribution is -2.22. The molecule has 0 amide bonds. The minimum absolute atomic E-state index is 0.000116. The molecule has 3 atom stereocenters. The van der Waals surface area contributed by atoms with Crippen molar-refractivity contribution in [2.24, 2.45) is 27.6 Å². The number of benzene rings is 4. The van der Waals surface area contributed by atoms with E-state index in [-0.39, 0.29) is 23.0 Å². The molecule has 3 unspecified atom stereocenters. The zero-order valence-corrected chi connectivity index (χ0v) is 36.5. The zero-order chi connectivity index (χ0) is 40.3. The van der Waals surface area contributed by atoms with Gasteiger partial charge in [-0.1, -0.05) is 156 Å². The Balaban J connectivity index is 0.000000141. The van der Waals surface area contributed by atoms with E-state index in [2.05, 4.69) is 156 Å². The third-order valence-corrected chi connectivity index (χ3v) is 13.2. The zero-order valence-electron chi connectivity index (χ0n) is 36.5. The molecule has 4 aromatic carbocycles. The van der Waals surface area contributed by atoms with E-state index in [0.717, 1.165) is 24.2 Å². The summed E-state index contributed by atoms with van der Waals surface area (Å²) in [6.07, 6.45) is 10.7. The number of hydrogen-bond donors (Lipinski definition) is 0. The van der Waals surface area contributed by atoms with Crippen LogP contribution in [0.5, 0.6) is 0 Å². The lowest BCUT2D eigenvalue weighted by molar-refractivity contribution is 0.251. The molecule has 0 fully saturated rings. The van der Waals surface area contributed by atoms with Crippen LogP contribution in [0.2, 0.25) is 0 Å². The highest BCUT2D eigenvalue weighted by Gasteiger charge is 2.36. The van der Waals surface area contributed by atoms with Gasteiger partial charge in [-0.05, 0) is 160 Å². The maximum Gasteiger partial charge on any atom is 0.127 e.